The molecule has 0 aliphatic rings. The molecule has 2 nitrogen and oxygen atoms in total. The highest BCUT2D eigenvalue weighted by Crippen LogP contribution is 2.52. The van der Waals surface area contributed by atoms with Crippen molar-refractivity contribution in [2.24, 2.45) is 0 Å². The Hall–Kier alpha value is -9.76. The lowest BCUT2D eigenvalue weighted by molar-refractivity contribution is 0.744. The molecule has 13 rings (SSSR count). The maximum Gasteiger partial charge on any atom is 0.0703 e. The Morgan fingerprint density at radius 1 is 0.253 bits per heavy atom. The van der Waals surface area contributed by atoms with Gasteiger partial charge in [-0.25, -0.2) is 0 Å². The zero-order chi connectivity index (χ0) is 50.0. The van der Waals surface area contributed by atoms with Crippen LogP contribution in [0.4, 0.5) is 17.1 Å². The number of fused-ring (bicyclic) bond motifs is 3. The van der Waals surface area contributed by atoms with Crippen LogP contribution in [0.1, 0.15) is 22.3 Å². The van der Waals surface area contributed by atoms with Gasteiger partial charge in [0.15, 0.2) is 0 Å². The third kappa shape index (κ3) is 8.20. The second kappa shape index (κ2) is 19.7. The van der Waals surface area contributed by atoms with Crippen LogP contribution in [0.5, 0.6) is 0 Å². The number of hydrogen-bond acceptors (Lipinski definition) is 1. The molecule has 0 aliphatic carbocycles. The average Bonchev–Trinajstić information content (AvgIpc) is 3.84. The van der Waals surface area contributed by atoms with E-state index in [0.717, 1.165) is 67.2 Å². The summed E-state index contributed by atoms with van der Waals surface area (Å²) in [7, 11) is 0. The first-order valence-electron chi connectivity index (χ1n) is 25.8. The molecule has 0 radical (unpaired) electrons. The normalized spacial score (nSPS) is 11.5. The van der Waals surface area contributed by atoms with Crippen molar-refractivity contribution in [1.82, 2.24) is 4.57 Å². The topological polar surface area (TPSA) is 8.17 Å². The van der Waals surface area contributed by atoms with Crippen molar-refractivity contribution < 1.29 is 0 Å². The summed E-state index contributed by atoms with van der Waals surface area (Å²) in [6, 6.07) is 116. The Morgan fingerprint density at radius 3 is 1.09 bits per heavy atom. The highest BCUT2D eigenvalue weighted by atomic mass is 15.2. The largest absolute Gasteiger partial charge is 0.309 e. The number of para-hydroxylation sites is 3. The lowest BCUT2D eigenvalue weighted by atomic mass is 9.65. The lowest BCUT2D eigenvalue weighted by Crippen LogP contribution is -2.31. The van der Waals surface area contributed by atoms with Crippen LogP contribution in [0.3, 0.4) is 0 Å². The molecule has 0 unspecified atom stereocenters. The Morgan fingerprint density at radius 2 is 0.627 bits per heavy atom. The van der Waals surface area contributed by atoms with Gasteiger partial charge in [0.2, 0.25) is 0 Å². The standard InChI is InChI=1S/C73H52N2/c1-7-24-53(25-8-1)55-42-46-61(47-43-55)73(59-32-15-5-16-33-59,60-34-17-6-18-35-60)62-50-64(52-65(51-62)75-70-40-21-19-36-68(70)69-37-20-22-41-71(69)75)74(63-48-44-56(45-49-63)54-26-9-2-10-27-54)72-66(57-28-11-3-12-29-57)38-23-39-67(72)58-30-13-4-14-31-58/h1-52H. The summed E-state index contributed by atoms with van der Waals surface area (Å²) in [5.41, 5.74) is 19.5. The molecule has 1 heterocycles. The third-order valence-corrected chi connectivity index (χ3v) is 14.9. The smallest absolute Gasteiger partial charge is 0.0703 e. The van der Waals surface area contributed by atoms with Crippen molar-refractivity contribution in [3.63, 3.8) is 0 Å². The van der Waals surface area contributed by atoms with Gasteiger partial charge in [0, 0.05) is 39.0 Å². The third-order valence-electron chi connectivity index (χ3n) is 14.9. The summed E-state index contributed by atoms with van der Waals surface area (Å²) in [5, 5.41) is 2.42. The van der Waals surface area contributed by atoms with E-state index in [2.05, 4.69) is 325 Å². The van der Waals surface area contributed by atoms with Gasteiger partial charge in [0.1, 0.15) is 0 Å². The summed E-state index contributed by atoms with van der Waals surface area (Å²) < 4.78 is 2.48. The molecule has 1 aromatic heterocycles. The van der Waals surface area contributed by atoms with E-state index in [-0.39, 0.29) is 0 Å². The van der Waals surface area contributed by atoms with Gasteiger partial charge in [-0.1, -0.05) is 273 Å². The molecule has 0 saturated carbocycles. The van der Waals surface area contributed by atoms with E-state index in [0.29, 0.717) is 0 Å². The summed E-state index contributed by atoms with van der Waals surface area (Å²) >= 11 is 0. The minimum Gasteiger partial charge on any atom is -0.309 e. The van der Waals surface area contributed by atoms with E-state index in [9.17, 15) is 0 Å². The van der Waals surface area contributed by atoms with Crippen LogP contribution in [-0.4, -0.2) is 4.57 Å². The van der Waals surface area contributed by atoms with Crippen molar-refractivity contribution in [3.8, 4) is 50.2 Å². The first kappa shape index (κ1) is 45.1. The van der Waals surface area contributed by atoms with Crippen molar-refractivity contribution >= 4 is 38.9 Å². The molecule has 0 aliphatic heterocycles. The summed E-state index contributed by atoms with van der Waals surface area (Å²) in [6.45, 7) is 0. The van der Waals surface area contributed by atoms with E-state index < -0.39 is 5.41 Å². The van der Waals surface area contributed by atoms with Gasteiger partial charge in [-0.3, -0.25) is 0 Å². The fourth-order valence-electron chi connectivity index (χ4n) is 11.5. The molecule has 12 aromatic carbocycles. The van der Waals surface area contributed by atoms with Crippen LogP contribution in [-0.2, 0) is 5.41 Å². The van der Waals surface area contributed by atoms with Gasteiger partial charge in [-0.2, -0.15) is 0 Å². The zero-order valence-electron chi connectivity index (χ0n) is 41.4. The molecule has 13 aromatic rings. The predicted molar refractivity (Wildman–Crippen MR) is 316 cm³/mol. The van der Waals surface area contributed by atoms with Crippen LogP contribution in [0, 0.1) is 0 Å². The van der Waals surface area contributed by atoms with Gasteiger partial charge in [-0.15, -0.1) is 0 Å². The quantitative estimate of drug-likeness (QED) is 0.111. The van der Waals surface area contributed by atoms with Crippen LogP contribution >= 0.6 is 0 Å². The van der Waals surface area contributed by atoms with Crippen molar-refractivity contribution in [3.05, 3.63) is 338 Å². The second-order valence-corrected chi connectivity index (χ2v) is 19.2. The number of aromatic nitrogens is 1. The molecule has 354 valence electrons. The van der Waals surface area contributed by atoms with E-state index in [1.807, 2.05) is 0 Å². The number of nitrogens with zero attached hydrogens (tertiary/aromatic N) is 2. The molecule has 0 saturated heterocycles. The molecule has 0 fully saturated rings. The van der Waals surface area contributed by atoms with Gasteiger partial charge in [0.05, 0.1) is 22.1 Å². The Labute approximate surface area is 439 Å². The molecule has 0 N–H and O–H groups in total. The summed E-state index contributed by atoms with van der Waals surface area (Å²) in [5.74, 6) is 0. The minimum atomic E-state index is -0.800. The molecule has 0 spiro atoms. The van der Waals surface area contributed by atoms with E-state index in [1.165, 1.54) is 44.2 Å². The number of anilines is 3. The van der Waals surface area contributed by atoms with E-state index in [4.69, 9.17) is 0 Å². The number of benzene rings is 12. The molecule has 75 heavy (non-hydrogen) atoms. The van der Waals surface area contributed by atoms with Crippen LogP contribution in [0.25, 0.3) is 72.0 Å². The van der Waals surface area contributed by atoms with Crippen LogP contribution in [0.2, 0.25) is 0 Å². The zero-order valence-corrected chi connectivity index (χ0v) is 41.4. The van der Waals surface area contributed by atoms with Gasteiger partial charge in [0.25, 0.3) is 0 Å². The number of hydrogen-bond donors (Lipinski definition) is 0. The van der Waals surface area contributed by atoms with E-state index in [1.54, 1.807) is 0 Å². The highest BCUT2D eigenvalue weighted by Gasteiger charge is 2.40. The first-order chi connectivity index (χ1) is 37.2. The monoisotopic (exact) mass is 956 g/mol. The molecular weight excluding hydrogens is 905 g/mol. The van der Waals surface area contributed by atoms with E-state index >= 15 is 0 Å². The SMILES string of the molecule is c1ccc(-c2ccc(N(c3cc(-n4c5ccccc5c5ccccc54)cc(C(c4ccccc4)(c4ccccc4)c4ccc(-c5ccccc5)cc4)c3)c3c(-c4ccccc4)cccc3-c3ccccc3)cc2)cc1. The van der Waals surface area contributed by atoms with Crippen LogP contribution in [0.15, 0.2) is 315 Å². The van der Waals surface area contributed by atoms with Crippen LogP contribution < -0.4 is 4.90 Å². The van der Waals surface area contributed by atoms with Gasteiger partial charge < -0.3 is 9.47 Å². The fraction of sp³-hybridized carbons (Fsp3) is 0.0137. The molecular formula is C73H52N2. The average molecular weight is 957 g/mol. The van der Waals surface area contributed by atoms with Crippen molar-refractivity contribution in [2.75, 3.05) is 4.90 Å². The Bertz CT molecular complexity index is 3910. The molecule has 0 atom stereocenters. The van der Waals surface area contributed by atoms with Crippen molar-refractivity contribution in [1.29, 1.82) is 0 Å². The lowest BCUT2D eigenvalue weighted by Gasteiger charge is -2.38. The molecule has 0 bridgehead atoms. The van der Waals surface area contributed by atoms with Crippen molar-refractivity contribution in [2.45, 2.75) is 5.41 Å². The van der Waals surface area contributed by atoms with Gasteiger partial charge in [-0.05, 0) is 98.1 Å². The maximum atomic E-state index is 2.53. The summed E-state index contributed by atoms with van der Waals surface area (Å²) in [6.07, 6.45) is 0. The fourth-order valence-corrected chi connectivity index (χ4v) is 11.5. The minimum absolute atomic E-state index is 0.800. The predicted octanol–water partition coefficient (Wildman–Crippen LogP) is 19.3. The Kier molecular flexibility index (Phi) is 11.8. The number of rotatable bonds is 12. The Balaban J connectivity index is 1.18. The first-order valence-corrected chi connectivity index (χ1v) is 25.8. The maximum absolute atomic E-state index is 2.53. The molecule has 2 heteroatoms. The highest BCUT2D eigenvalue weighted by molar-refractivity contribution is 6.09. The second-order valence-electron chi connectivity index (χ2n) is 19.2. The van der Waals surface area contributed by atoms with Gasteiger partial charge >= 0.3 is 0 Å². The molecule has 0 amide bonds. The summed E-state index contributed by atoms with van der Waals surface area (Å²) in [4.78, 5) is 2.53.